The Kier molecular flexibility index (Phi) is 5.70. The van der Waals surface area contributed by atoms with Gasteiger partial charge >= 0.3 is 0 Å². The fraction of sp³-hybridized carbons (Fsp3) is 0.611. The Labute approximate surface area is 155 Å². The van der Waals surface area contributed by atoms with Crippen LogP contribution in [0.15, 0.2) is 23.1 Å². The van der Waals surface area contributed by atoms with Gasteiger partial charge in [-0.05, 0) is 58.7 Å². The van der Waals surface area contributed by atoms with Crippen LogP contribution in [0.5, 0.6) is 5.75 Å². The molecular weight excluding hydrogens is 354 g/mol. The van der Waals surface area contributed by atoms with Crippen molar-refractivity contribution in [1.82, 2.24) is 10.0 Å². The summed E-state index contributed by atoms with van der Waals surface area (Å²) >= 11 is 0. The zero-order valence-corrected chi connectivity index (χ0v) is 17.1. The minimum Gasteiger partial charge on any atom is -0.495 e. The first-order valence-corrected chi connectivity index (χ1v) is 10.1. The maximum Gasteiger partial charge on any atom is 0.240 e. The van der Waals surface area contributed by atoms with Gasteiger partial charge < -0.3 is 15.4 Å². The van der Waals surface area contributed by atoms with Gasteiger partial charge in [-0.25, -0.2) is 13.1 Å². The molecule has 1 aromatic carbocycles. The zero-order chi connectivity index (χ0) is 19.8. The molecule has 0 aromatic heterocycles. The molecule has 1 amide bonds. The molecule has 26 heavy (non-hydrogen) atoms. The van der Waals surface area contributed by atoms with Crippen LogP contribution in [-0.4, -0.2) is 38.6 Å². The first kappa shape index (κ1) is 20.7. The molecule has 0 radical (unpaired) electrons. The number of carbonyl (C=O) groups is 1. The summed E-state index contributed by atoms with van der Waals surface area (Å²) < 4.78 is 33.7. The smallest absolute Gasteiger partial charge is 0.240 e. The number of sulfonamides is 1. The Hall–Kier alpha value is -1.64. The van der Waals surface area contributed by atoms with Crippen molar-refractivity contribution in [3.63, 3.8) is 0 Å². The number of anilines is 1. The molecule has 1 aliphatic rings. The van der Waals surface area contributed by atoms with E-state index in [0.717, 1.165) is 0 Å². The quantitative estimate of drug-likeness (QED) is 0.725. The molecular formula is C18H29N3O4S. The van der Waals surface area contributed by atoms with Crippen molar-refractivity contribution in [3.05, 3.63) is 18.2 Å². The lowest BCUT2D eigenvalue weighted by molar-refractivity contribution is -0.114. The van der Waals surface area contributed by atoms with Crippen molar-refractivity contribution in [2.75, 3.05) is 12.4 Å². The molecule has 1 aliphatic heterocycles. The average molecular weight is 384 g/mol. The maximum absolute atomic E-state index is 12.9. The Morgan fingerprint density at radius 3 is 2.27 bits per heavy atom. The first-order valence-electron chi connectivity index (χ1n) is 8.61. The Balaban J connectivity index is 2.28. The molecule has 1 aromatic rings. The van der Waals surface area contributed by atoms with Crippen molar-refractivity contribution in [3.8, 4) is 5.75 Å². The van der Waals surface area contributed by atoms with Crippen LogP contribution in [0.1, 0.15) is 47.5 Å². The average Bonchev–Trinajstić information content (AvgIpc) is 2.42. The molecule has 3 N–H and O–H groups in total. The summed E-state index contributed by atoms with van der Waals surface area (Å²) in [5.41, 5.74) is -0.0133. The molecule has 0 bridgehead atoms. The van der Waals surface area contributed by atoms with Crippen LogP contribution in [0.25, 0.3) is 0 Å². The SMILES string of the molecule is COc1ccc(S(=O)(=O)NC2CC(C)(C)NC(C)(C)C2)cc1NC(C)=O. The summed E-state index contributed by atoms with van der Waals surface area (Å²) in [5.74, 6) is 0.107. The molecule has 0 aliphatic carbocycles. The standard InChI is InChI=1S/C18H29N3O4S/c1-12(22)19-15-9-14(7-8-16(15)25-6)26(23,24)20-13-10-17(2,3)21-18(4,5)11-13/h7-9,13,20-21H,10-11H2,1-6H3,(H,19,22). The fourth-order valence-corrected chi connectivity index (χ4v) is 5.10. The Bertz CT molecular complexity index is 772. The van der Waals surface area contributed by atoms with Crippen molar-refractivity contribution >= 4 is 21.6 Å². The third-order valence-corrected chi connectivity index (χ3v) is 5.82. The van der Waals surface area contributed by atoms with E-state index in [1.807, 2.05) is 0 Å². The highest BCUT2D eigenvalue weighted by Crippen LogP contribution is 2.31. The van der Waals surface area contributed by atoms with E-state index in [4.69, 9.17) is 4.74 Å². The number of carbonyl (C=O) groups excluding carboxylic acids is 1. The molecule has 1 saturated heterocycles. The fourth-order valence-electron chi connectivity index (χ4n) is 3.83. The summed E-state index contributed by atoms with van der Waals surface area (Å²) in [4.78, 5) is 11.5. The summed E-state index contributed by atoms with van der Waals surface area (Å²) in [6.07, 6.45) is 1.37. The van der Waals surface area contributed by atoms with E-state index < -0.39 is 10.0 Å². The van der Waals surface area contributed by atoms with Crippen LogP contribution in [0.3, 0.4) is 0 Å². The molecule has 0 spiro atoms. The minimum absolute atomic E-state index is 0.0937. The van der Waals surface area contributed by atoms with Crippen molar-refractivity contribution < 1.29 is 17.9 Å². The monoisotopic (exact) mass is 383 g/mol. The zero-order valence-electron chi connectivity index (χ0n) is 16.3. The Morgan fingerprint density at radius 1 is 1.19 bits per heavy atom. The van der Waals surface area contributed by atoms with E-state index in [2.05, 4.69) is 43.1 Å². The Morgan fingerprint density at radius 2 is 1.77 bits per heavy atom. The van der Waals surface area contributed by atoms with Crippen LogP contribution in [-0.2, 0) is 14.8 Å². The molecule has 2 rings (SSSR count). The van der Waals surface area contributed by atoms with Gasteiger partial charge in [0.05, 0.1) is 17.7 Å². The third-order valence-electron chi connectivity index (χ3n) is 4.30. The van der Waals surface area contributed by atoms with Gasteiger partial charge in [-0.3, -0.25) is 4.79 Å². The summed E-state index contributed by atoms with van der Waals surface area (Å²) in [7, 11) is -2.26. The van der Waals surface area contributed by atoms with Crippen LogP contribution in [0, 0.1) is 0 Å². The van der Waals surface area contributed by atoms with Gasteiger partial charge in [0.25, 0.3) is 0 Å². The maximum atomic E-state index is 12.9. The normalized spacial score (nSPS) is 19.8. The number of rotatable bonds is 5. The van der Waals surface area contributed by atoms with Crippen molar-refractivity contribution in [1.29, 1.82) is 0 Å². The highest BCUT2D eigenvalue weighted by molar-refractivity contribution is 7.89. The molecule has 146 valence electrons. The van der Waals surface area contributed by atoms with Crippen LogP contribution >= 0.6 is 0 Å². The molecule has 1 heterocycles. The highest BCUT2D eigenvalue weighted by atomic mass is 32.2. The topological polar surface area (TPSA) is 96.5 Å². The second kappa shape index (κ2) is 7.17. The van der Waals surface area contributed by atoms with E-state index in [1.165, 1.54) is 32.2 Å². The van der Waals surface area contributed by atoms with E-state index in [0.29, 0.717) is 24.3 Å². The molecule has 8 heteroatoms. The summed E-state index contributed by atoms with van der Waals surface area (Å²) in [6.45, 7) is 9.63. The lowest BCUT2D eigenvalue weighted by Crippen LogP contribution is -2.62. The van der Waals surface area contributed by atoms with Crippen LogP contribution < -0.4 is 20.1 Å². The van der Waals surface area contributed by atoms with Crippen LogP contribution in [0.2, 0.25) is 0 Å². The molecule has 0 unspecified atom stereocenters. The van der Waals surface area contributed by atoms with Gasteiger partial charge in [-0.2, -0.15) is 0 Å². The molecule has 1 fully saturated rings. The van der Waals surface area contributed by atoms with Gasteiger partial charge in [0.1, 0.15) is 5.75 Å². The number of amides is 1. The predicted octanol–water partition coefficient (Wildman–Crippen LogP) is 2.24. The van der Waals surface area contributed by atoms with Gasteiger partial charge in [0, 0.05) is 24.0 Å². The summed E-state index contributed by atoms with van der Waals surface area (Å²) in [6, 6.07) is 4.25. The largest absolute Gasteiger partial charge is 0.495 e. The molecule has 7 nitrogen and oxygen atoms in total. The third kappa shape index (κ3) is 5.18. The van der Waals surface area contributed by atoms with Crippen LogP contribution in [0.4, 0.5) is 5.69 Å². The highest BCUT2D eigenvalue weighted by Gasteiger charge is 2.39. The van der Waals surface area contributed by atoms with Gasteiger partial charge in [-0.1, -0.05) is 0 Å². The number of piperidine rings is 1. The second-order valence-electron chi connectivity index (χ2n) is 8.16. The van der Waals surface area contributed by atoms with E-state index in [1.54, 1.807) is 0 Å². The van der Waals surface area contributed by atoms with Gasteiger partial charge in [-0.15, -0.1) is 0 Å². The number of methoxy groups -OCH3 is 1. The van der Waals surface area contributed by atoms with Gasteiger partial charge in [0.15, 0.2) is 0 Å². The van der Waals surface area contributed by atoms with Crippen molar-refractivity contribution in [2.45, 2.75) is 69.5 Å². The van der Waals surface area contributed by atoms with Crippen molar-refractivity contribution in [2.24, 2.45) is 0 Å². The number of benzene rings is 1. The molecule has 0 atom stereocenters. The van der Waals surface area contributed by atoms with E-state index in [9.17, 15) is 13.2 Å². The second-order valence-corrected chi connectivity index (χ2v) is 9.88. The lowest BCUT2D eigenvalue weighted by Gasteiger charge is -2.46. The number of hydrogen-bond acceptors (Lipinski definition) is 5. The van der Waals surface area contributed by atoms with Gasteiger partial charge in [0.2, 0.25) is 15.9 Å². The lowest BCUT2D eigenvalue weighted by atomic mass is 9.80. The number of hydrogen-bond donors (Lipinski definition) is 3. The predicted molar refractivity (Wildman–Crippen MR) is 102 cm³/mol. The minimum atomic E-state index is -3.73. The van der Waals surface area contributed by atoms with E-state index in [-0.39, 0.29) is 27.9 Å². The number of nitrogens with one attached hydrogen (secondary N) is 3. The number of ether oxygens (including phenoxy) is 1. The summed E-state index contributed by atoms with van der Waals surface area (Å²) in [5, 5.41) is 6.13. The molecule has 0 saturated carbocycles. The first-order chi connectivity index (χ1) is 11.8. The van der Waals surface area contributed by atoms with E-state index >= 15 is 0 Å².